The van der Waals surface area contributed by atoms with Gasteiger partial charge in [-0.1, -0.05) is 18.2 Å². The van der Waals surface area contributed by atoms with E-state index in [-0.39, 0.29) is 17.2 Å². The van der Waals surface area contributed by atoms with E-state index in [1.807, 2.05) is 31.2 Å². The van der Waals surface area contributed by atoms with E-state index in [2.05, 4.69) is 5.32 Å². The molecule has 0 aliphatic rings. The fraction of sp³-hybridized carbons (Fsp3) is 0.278. The summed E-state index contributed by atoms with van der Waals surface area (Å²) < 4.78 is 5.63. The molecule has 2 aromatic carbocycles. The second-order valence-corrected chi connectivity index (χ2v) is 5.72. The highest BCUT2D eigenvalue weighted by Crippen LogP contribution is 2.24. The molecule has 0 aromatic heterocycles. The quantitative estimate of drug-likeness (QED) is 0.475. The number of nitro benzene ring substituents is 1. The molecule has 0 bridgehead atoms. The third kappa shape index (κ3) is 4.69. The Bertz CT molecular complexity index is 775. The number of aryl methyl sites for hydroxylation is 1. The summed E-state index contributed by atoms with van der Waals surface area (Å²) >= 11 is 0. The summed E-state index contributed by atoms with van der Waals surface area (Å²) in [4.78, 5) is 24.6. The van der Waals surface area contributed by atoms with Crippen LogP contribution in [0.2, 0.25) is 0 Å². The van der Waals surface area contributed by atoms with Crippen LogP contribution < -0.4 is 15.0 Å². The molecular weight excluding hydrogens is 322 g/mol. The summed E-state index contributed by atoms with van der Waals surface area (Å²) in [6.45, 7) is 2.55. The first-order valence-corrected chi connectivity index (χ1v) is 7.82. The van der Waals surface area contributed by atoms with E-state index >= 15 is 0 Å². The average Bonchev–Trinajstić information content (AvgIpc) is 2.59. The zero-order valence-corrected chi connectivity index (χ0v) is 14.5. The third-order valence-electron chi connectivity index (χ3n) is 3.66. The first-order valence-electron chi connectivity index (χ1n) is 7.82. The van der Waals surface area contributed by atoms with Gasteiger partial charge in [-0.05, 0) is 24.6 Å². The molecule has 25 heavy (non-hydrogen) atoms. The highest BCUT2D eigenvalue weighted by molar-refractivity contribution is 6.00. The highest BCUT2D eigenvalue weighted by Gasteiger charge is 2.17. The minimum absolute atomic E-state index is 0.119. The molecule has 0 aliphatic heterocycles. The molecule has 0 aliphatic carbocycles. The van der Waals surface area contributed by atoms with Gasteiger partial charge in [0.2, 0.25) is 0 Å². The molecule has 0 unspecified atom stereocenters. The second kappa shape index (κ2) is 8.14. The van der Waals surface area contributed by atoms with Gasteiger partial charge in [-0.25, -0.2) is 0 Å². The molecule has 132 valence electrons. The van der Waals surface area contributed by atoms with Gasteiger partial charge in [0.25, 0.3) is 11.6 Å². The number of carbonyl (C=O) groups excluding carboxylic acids is 1. The van der Waals surface area contributed by atoms with Crippen molar-refractivity contribution >= 4 is 17.3 Å². The lowest BCUT2D eigenvalue weighted by molar-refractivity contribution is -0.384. The summed E-state index contributed by atoms with van der Waals surface area (Å²) in [5.74, 6) is 0.391. The van der Waals surface area contributed by atoms with Crippen molar-refractivity contribution in [2.45, 2.75) is 6.92 Å². The summed E-state index contributed by atoms with van der Waals surface area (Å²) in [5.41, 5.74) is 1.77. The SMILES string of the molecule is Cc1ccccc1OCCNC(=O)c1cc([N+](=O)[O-])ccc1N(C)C. The number of anilines is 1. The molecule has 0 saturated carbocycles. The minimum atomic E-state index is -0.516. The largest absolute Gasteiger partial charge is 0.491 e. The number of carbonyl (C=O) groups is 1. The molecule has 0 saturated heterocycles. The third-order valence-corrected chi connectivity index (χ3v) is 3.66. The molecule has 0 spiro atoms. The van der Waals surface area contributed by atoms with Crippen LogP contribution in [-0.2, 0) is 0 Å². The van der Waals surface area contributed by atoms with Gasteiger partial charge in [-0.15, -0.1) is 0 Å². The zero-order valence-electron chi connectivity index (χ0n) is 14.5. The molecule has 1 amide bonds. The maximum atomic E-state index is 12.4. The van der Waals surface area contributed by atoms with E-state index in [1.165, 1.54) is 12.1 Å². The number of rotatable bonds is 7. The number of nitrogens with zero attached hydrogens (tertiary/aromatic N) is 2. The van der Waals surface area contributed by atoms with E-state index in [4.69, 9.17) is 4.74 Å². The second-order valence-electron chi connectivity index (χ2n) is 5.72. The lowest BCUT2D eigenvalue weighted by Gasteiger charge is -2.17. The Kier molecular flexibility index (Phi) is 5.94. The van der Waals surface area contributed by atoms with Crippen LogP contribution in [0, 0.1) is 17.0 Å². The van der Waals surface area contributed by atoms with Crippen LogP contribution >= 0.6 is 0 Å². The highest BCUT2D eigenvalue weighted by atomic mass is 16.6. The number of non-ortho nitro benzene ring substituents is 1. The van der Waals surface area contributed by atoms with Gasteiger partial charge in [-0.2, -0.15) is 0 Å². The normalized spacial score (nSPS) is 10.2. The number of nitrogens with one attached hydrogen (secondary N) is 1. The molecule has 2 rings (SSSR count). The Hall–Kier alpha value is -3.09. The van der Waals surface area contributed by atoms with Crippen LogP contribution in [0.1, 0.15) is 15.9 Å². The first-order chi connectivity index (χ1) is 11.9. The van der Waals surface area contributed by atoms with Gasteiger partial charge in [-0.3, -0.25) is 14.9 Å². The summed E-state index contributed by atoms with van der Waals surface area (Å²) in [6.07, 6.45) is 0. The number of amides is 1. The minimum Gasteiger partial charge on any atom is -0.491 e. The van der Waals surface area contributed by atoms with Crippen molar-refractivity contribution in [1.82, 2.24) is 5.32 Å². The van der Waals surface area contributed by atoms with Crippen molar-refractivity contribution in [2.75, 3.05) is 32.1 Å². The van der Waals surface area contributed by atoms with Crippen molar-refractivity contribution in [3.63, 3.8) is 0 Å². The van der Waals surface area contributed by atoms with Crippen molar-refractivity contribution in [3.05, 3.63) is 63.7 Å². The van der Waals surface area contributed by atoms with Crippen LogP contribution in [0.5, 0.6) is 5.75 Å². The zero-order chi connectivity index (χ0) is 18.4. The fourth-order valence-electron chi connectivity index (χ4n) is 2.35. The van der Waals surface area contributed by atoms with Gasteiger partial charge in [0.15, 0.2) is 0 Å². The monoisotopic (exact) mass is 343 g/mol. The summed E-state index contributed by atoms with van der Waals surface area (Å²) in [5, 5.41) is 13.7. The lowest BCUT2D eigenvalue weighted by atomic mass is 10.1. The standard InChI is InChI=1S/C18H21N3O4/c1-13-6-4-5-7-17(13)25-11-10-19-18(22)15-12-14(21(23)24)8-9-16(15)20(2)3/h4-9,12H,10-11H2,1-3H3,(H,19,22). The Morgan fingerprint density at radius 1 is 1.24 bits per heavy atom. The Morgan fingerprint density at radius 2 is 1.96 bits per heavy atom. The van der Waals surface area contributed by atoms with Crippen LogP contribution in [0.15, 0.2) is 42.5 Å². The molecule has 7 heteroatoms. The topological polar surface area (TPSA) is 84.7 Å². The van der Waals surface area contributed by atoms with Crippen LogP contribution in [0.25, 0.3) is 0 Å². The molecule has 0 fully saturated rings. The maximum Gasteiger partial charge on any atom is 0.270 e. The number of para-hydroxylation sites is 1. The van der Waals surface area contributed by atoms with Crippen molar-refractivity contribution in [2.24, 2.45) is 0 Å². The fourth-order valence-corrected chi connectivity index (χ4v) is 2.35. The van der Waals surface area contributed by atoms with E-state index in [9.17, 15) is 14.9 Å². The van der Waals surface area contributed by atoms with Crippen LogP contribution in [-0.4, -0.2) is 38.1 Å². The lowest BCUT2D eigenvalue weighted by Crippen LogP contribution is -2.29. The van der Waals surface area contributed by atoms with E-state index in [1.54, 1.807) is 25.1 Å². The van der Waals surface area contributed by atoms with Gasteiger partial charge < -0.3 is 15.0 Å². The van der Waals surface area contributed by atoms with Crippen molar-refractivity contribution in [3.8, 4) is 5.75 Å². The Labute approximate surface area is 146 Å². The Morgan fingerprint density at radius 3 is 2.60 bits per heavy atom. The van der Waals surface area contributed by atoms with Gasteiger partial charge in [0, 0.05) is 31.9 Å². The number of nitro groups is 1. The maximum absolute atomic E-state index is 12.4. The van der Waals surface area contributed by atoms with E-state index in [0.29, 0.717) is 18.8 Å². The molecule has 0 atom stereocenters. The van der Waals surface area contributed by atoms with Gasteiger partial charge >= 0.3 is 0 Å². The number of hydrogen-bond donors (Lipinski definition) is 1. The van der Waals surface area contributed by atoms with Crippen LogP contribution in [0.3, 0.4) is 0 Å². The van der Waals surface area contributed by atoms with Crippen molar-refractivity contribution < 1.29 is 14.5 Å². The van der Waals surface area contributed by atoms with Gasteiger partial charge in [0.1, 0.15) is 12.4 Å². The molecule has 2 aromatic rings. The average molecular weight is 343 g/mol. The molecular formula is C18H21N3O4. The number of ether oxygens (including phenoxy) is 1. The first kappa shape index (κ1) is 18.3. The molecule has 0 heterocycles. The smallest absolute Gasteiger partial charge is 0.270 e. The summed E-state index contributed by atoms with van der Waals surface area (Å²) in [7, 11) is 3.55. The number of hydrogen-bond acceptors (Lipinski definition) is 5. The molecule has 7 nitrogen and oxygen atoms in total. The van der Waals surface area contributed by atoms with Gasteiger partial charge in [0.05, 0.1) is 17.0 Å². The predicted molar refractivity (Wildman–Crippen MR) is 96.4 cm³/mol. The molecule has 1 N–H and O–H groups in total. The predicted octanol–water partition coefficient (Wildman–Crippen LogP) is 2.78. The van der Waals surface area contributed by atoms with Crippen molar-refractivity contribution in [1.29, 1.82) is 0 Å². The van der Waals surface area contributed by atoms with E-state index < -0.39 is 4.92 Å². The molecule has 0 radical (unpaired) electrons. The Balaban J connectivity index is 2.01. The van der Waals surface area contributed by atoms with Crippen LogP contribution in [0.4, 0.5) is 11.4 Å². The van der Waals surface area contributed by atoms with E-state index in [0.717, 1.165) is 11.3 Å². The summed E-state index contributed by atoms with van der Waals surface area (Å²) in [6, 6.07) is 11.8. The number of benzene rings is 2.